The van der Waals surface area contributed by atoms with Gasteiger partial charge in [0.25, 0.3) is 0 Å². The van der Waals surface area contributed by atoms with Crippen molar-refractivity contribution in [3.63, 3.8) is 0 Å². The van der Waals surface area contributed by atoms with E-state index in [9.17, 15) is 4.79 Å². The Morgan fingerprint density at radius 3 is 2.21 bits per heavy atom. The summed E-state index contributed by atoms with van der Waals surface area (Å²) in [5.41, 5.74) is 3.99. The number of benzene rings is 3. The van der Waals surface area contributed by atoms with Gasteiger partial charge in [0, 0.05) is 17.0 Å². The SMILES string of the molecule is C=CC(Cc1ccccc1)c1c(-c2ccc(C)cc2)oc(=O)c2ccccc12. The summed E-state index contributed by atoms with van der Waals surface area (Å²) in [5.74, 6) is 0.650. The Morgan fingerprint density at radius 1 is 0.893 bits per heavy atom. The number of fused-ring (bicyclic) bond motifs is 1. The second-order valence-corrected chi connectivity index (χ2v) is 7.08. The van der Waals surface area contributed by atoms with Crippen LogP contribution in [0.2, 0.25) is 0 Å². The first kappa shape index (κ1) is 18.0. The van der Waals surface area contributed by atoms with Crippen LogP contribution in [0.25, 0.3) is 22.1 Å². The predicted octanol–water partition coefficient (Wildman–Crippen LogP) is 6.28. The Bertz CT molecular complexity index is 1170. The maximum absolute atomic E-state index is 12.7. The quantitative estimate of drug-likeness (QED) is 0.389. The van der Waals surface area contributed by atoms with Crippen LogP contribution >= 0.6 is 0 Å². The molecule has 4 rings (SSSR count). The molecule has 0 bridgehead atoms. The highest BCUT2D eigenvalue weighted by molar-refractivity contribution is 5.89. The molecule has 0 saturated carbocycles. The summed E-state index contributed by atoms with van der Waals surface area (Å²) in [4.78, 5) is 12.7. The van der Waals surface area contributed by atoms with Gasteiger partial charge in [0.05, 0.1) is 5.39 Å². The van der Waals surface area contributed by atoms with E-state index in [4.69, 9.17) is 4.42 Å². The fourth-order valence-corrected chi connectivity index (χ4v) is 3.68. The molecule has 0 N–H and O–H groups in total. The van der Waals surface area contributed by atoms with Crippen molar-refractivity contribution in [2.24, 2.45) is 0 Å². The molecule has 0 spiro atoms. The average molecular weight is 366 g/mol. The van der Waals surface area contributed by atoms with Gasteiger partial charge >= 0.3 is 5.63 Å². The third-order valence-corrected chi connectivity index (χ3v) is 5.14. The van der Waals surface area contributed by atoms with Crippen molar-refractivity contribution in [2.75, 3.05) is 0 Å². The zero-order valence-electron chi connectivity index (χ0n) is 15.9. The highest BCUT2D eigenvalue weighted by Crippen LogP contribution is 2.36. The van der Waals surface area contributed by atoms with Crippen LogP contribution in [-0.4, -0.2) is 0 Å². The van der Waals surface area contributed by atoms with E-state index < -0.39 is 0 Å². The van der Waals surface area contributed by atoms with E-state index in [-0.39, 0.29) is 11.5 Å². The van der Waals surface area contributed by atoms with Gasteiger partial charge in [0.15, 0.2) is 0 Å². The van der Waals surface area contributed by atoms with Crippen LogP contribution < -0.4 is 5.63 Å². The van der Waals surface area contributed by atoms with E-state index in [2.05, 4.69) is 18.7 Å². The fraction of sp³-hybridized carbons (Fsp3) is 0.115. The molecule has 2 nitrogen and oxygen atoms in total. The first-order valence-electron chi connectivity index (χ1n) is 9.46. The van der Waals surface area contributed by atoms with Crippen molar-refractivity contribution in [1.82, 2.24) is 0 Å². The minimum Gasteiger partial charge on any atom is -0.422 e. The smallest absolute Gasteiger partial charge is 0.344 e. The van der Waals surface area contributed by atoms with Gasteiger partial charge in [-0.05, 0) is 30.4 Å². The van der Waals surface area contributed by atoms with Crippen LogP contribution in [-0.2, 0) is 6.42 Å². The zero-order chi connectivity index (χ0) is 19.5. The van der Waals surface area contributed by atoms with Crippen molar-refractivity contribution in [3.05, 3.63) is 119 Å². The molecule has 0 saturated heterocycles. The highest BCUT2D eigenvalue weighted by Gasteiger charge is 2.21. The first-order valence-corrected chi connectivity index (χ1v) is 9.46. The van der Waals surface area contributed by atoms with E-state index in [1.54, 1.807) is 0 Å². The fourth-order valence-electron chi connectivity index (χ4n) is 3.68. The first-order chi connectivity index (χ1) is 13.7. The lowest BCUT2D eigenvalue weighted by Gasteiger charge is -2.19. The Labute approximate surface area is 164 Å². The number of allylic oxidation sites excluding steroid dienone is 1. The van der Waals surface area contributed by atoms with E-state index >= 15 is 0 Å². The molecule has 28 heavy (non-hydrogen) atoms. The standard InChI is InChI=1S/C26H22O2/c1-3-20(17-19-9-5-4-6-10-19)24-22-11-7-8-12-23(22)26(27)28-25(24)21-15-13-18(2)14-16-21/h3-16,20H,1,17H2,2H3. The largest absolute Gasteiger partial charge is 0.422 e. The van der Waals surface area contributed by atoms with Crippen molar-refractivity contribution in [3.8, 4) is 11.3 Å². The zero-order valence-corrected chi connectivity index (χ0v) is 15.9. The van der Waals surface area contributed by atoms with E-state index in [0.29, 0.717) is 11.1 Å². The second kappa shape index (κ2) is 7.69. The molecule has 0 amide bonds. The molecule has 1 atom stereocenters. The Balaban J connectivity index is 1.97. The Hall–Kier alpha value is -3.39. The van der Waals surface area contributed by atoms with Crippen LogP contribution in [0.3, 0.4) is 0 Å². The van der Waals surface area contributed by atoms with Gasteiger partial charge in [0.1, 0.15) is 5.76 Å². The lowest BCUT2D eigenvalue weighted by molar-refractivity contribution is 0.526. The Morgan fingerprint density at radius 2 is 1.54 bits per heavy atom. The summed E-state index contributed by atoms with van der Waals surface area (Å²) >= 11 is 0. The molecular weight excluding hydrogens is 344 g/mol. The minimum absolute atomic E-state index is 0.0213. The third-order valence-electron chi connectivity index (χ3n) is 5.14. The number of hydrogen-bond acceptors (Lipinski definition) is 2. The van der Waals surface area contributed by atoms with Crippen LogP contribution in [0.15, 0.2) is 101 Å². The molecule has 0 fully saturated rings. The predicted molar refractivity (Wildman–Crippen MR) is 116 cm³/mol. The summed E-state index contributed by atoms with van der Waals surface area (Å²) in [6, 6.07) is 26.1. The summed E-state index contributed by atoms with van der Waals surface area (Å²) in [6.45, 7) is 6.14. The molecule has 1 unspecified atom stereocenters. The number of aryl methyl sites for hydroxylation is 1. The number of hydrogen-bond donors (Lipinski definition) is 0. The monoisotopic (exact) mass is 366 g/mol. The summed E-state index contributed by atoms with van der Waals surface area (Å²) in [6.07, 6.45) is 2.74. The lowest BCUT2D eigenvalue weighted by atomic mass is 9.86. The molecule has 0 aliphatic rings. The second-order valence-electron chi connectivity index (χ2n) is 7.08. The third kappa shape index (κ3) is 3.41. The molecule has 0 aliphatic carbocycles. The number of rotatable bonds is 5. The van der Waals surface area contributed by atoms with Gasteiger partial charge in [-0.1, -0.05) is 84.4 Å². The lowest BCUT2D eigenvalue weighted by Crippen LogP contribution is -2.09. The molecule has 138 valence electrons. The molecule has 1 heterocycles. The molecule has 2 heteroatoms. The van der Waals surface area contributed by atoms with Crippen LogP contribution in [0.1, 0.15) is 22.6 Å². The summed E-state index contributed by atoms with van der Waals surface area (Å²) in [5, 5.41) is 1.53. The van der Waals surface area contributed by atoms with Crippen molar-refractivity contribution >= 4 is 10.8 Å². The molecule has 4 aromatic rings. The highest BCUT2D eigenvalue weighted by atomic mass is 16.4. The van der Waals surface area contributed by atoms with Gasteiger partial charge in [-0.15, -0.1) is 6.58 Å². The van der Waals surface area contributed by atoms with Gasteiger partial charge in [-0.25, -0.2) is 4.79 Å². The van der Waals surface area contributed by atoms with Gasteiger partial charge in [-0.2, -0.15) is 0 Å². The van der Waals surface area contributed by atoms with Gasteiger partial charge in [0.2, 0.25) is 0 Å². The van der Waals surface area contributed by atoms with Crippen LogP contribution in [0.4, 0.5) is 0 Å². The van der Waals surface area contributed by atoms with Gasteiger partial charge < -0.3 is 4.42 Å². The maximum atomic E-state index is 12.7. The van der Waals surface area contributed by atoms with E-state index in [1.165, 1.54) is 5.56 Å². The normalized spacial score (nSPS) is 12.0. The molecular formula is C26H22O2. The molecule has 0 aliphatic heterocycles. The van der Waals surface area contributed by atoms with Crippen LogP contribution in [0.5, 0.6) is 0 Å². The molecule has 0 radical (unpaired) electrons. The van der Waals surface area contributed by atoms with Crippen molar-refractivity contribution in [1.29, 1.82) is 0 Å². The van der Waals surface area contributed by atoms with Gasteiger partial charge in [-0.3, -0.25) is 0 Å². The van der Waals surface area contributed by atoms with E-state index in [1.807, 2.05) is 79.7 Å². The molecule has 3 aromatic carbocycles. The van der Waals surface area contributed by atoms with Crippen molar-refractivity contribution < 1.29 is 4.42 Å². The van der Waals surface area contributed by atoms with E-state index in [0.717, 1.165) is 28.5 Å². The summed E-state index contributed by atoms with van der Waals surface area (Å²) in [7, 11) is 0. The minimum atomic E-state index is -0.308. The summed E-state index contributed by atoms with van der Waals surface area (Å²) < 4.78 is 5.86. The average Bonchev–Trinajstić information content (AvgIpc) is 2.74. The Kier molecular flexibility index (Phi) is 4.94. The topological polar surface area (TPSA) is 30.2 Å². The van der Waals surface area contributed by atoms with Crippen LogP contribution in [0, 0.1) is 6.92 Å². The van der Waals surface area contributed by atoms with Crippen molar-refractivity contribution in [2.45, 2.75) is 19.3 Å². The molecule has 1 aromatic heterocycles. The maximum Gasteiger partial charge on any atom is 0.344 e.